The van der Waals surface area contributed by atoms with E-state index in [0.29, 0.717) is 17.2 Å². The third kappa shape index (κ3) is 5.09. The topological polar surface area (TPSA) is 66.0 Å². The van der Waals surface area contributed by atoms with Crippen molar-refractivity contribution < 1.29 is 23.7 Å². The zero-order valence-electron chi connectivity index (χ0n) is 17.4. The fraction of sp³-hybridized carbons (Fsp3) is 0.409. The van der Waals surface area contributed by atoms with E-state index in [1.54, 1.807) is 40.6 Å². The molecule has 0 fully saturated rings. The van der Waals surface area contributed by atoms with Crippen molar-refractivity contribution >= 4 is 5.91 Å². The molecule has 0 aliphatic carbocycles. The van der Waals surface area contributed by atoms with Crippen LogP contribution in [0.2, 0.25) is 0 Å². The van der Waals surface area contributed by atoms with Crippen LogP contribution in [0.1, 0.15) is 31.0 Å². The van der Waals surface area contributed by atoms with Gasteiger partial charge >= 0.3 is 0 Å². The van der Waals surface area contributed by atoms with Crippen molar-refractivity contribution in [3.05, 3.63) is 47.5 Å². The van der Waals surface area contributed by atoms with Crippen LogP contribution in [0, 0.1) is 5.92 Å². The Morgan fingerprint density at radius 3 is 1.89 bits per heavy atom. The summed E-state index contributed by atoms with van der Waals surface area (Å²) in [5, 5.41) is 3.13. The summed E-state index contributed by atoms with van der Waals surface area (Å²) < 4.78 is 21.3. The molecule has 0 spiro atoms. The molecule has 0 bridgehead atoms. The van der Waals surface area contributed by atoms with Gasteiger partial charge in [-0.15, -0.1) is 0 Å². The number of methoxy groups -OCH3 is 4. The maximum Gasteiger partial charge on any atom is 0.224 e. The van der Waals surface area contributed by atoms with E-state index in [-0.39, 0.29) is 24.3 Å². The first-order valence-corrected chi connectivity index (χ1v) is 9.15. The molecule has 0 aliphatic heterocycles. The number of hydrogen-bond acceptors (Lipinski definition) is 5. The van der Waals surface area contributed by atoms with Crippen molar-refractivity contribution in [3.8, 4) is 23.0 Å². The van der Waals surface area contributed by atoms with Gasteiger partial charge in [-0.25, -0.2) is 0 Å². The van der Waals surface area contributed by atoms with Crippen LogP contribution in [-0.4, -0.2) is 34.3 Å². The van der Waals surface area contributed by atoms with Gasteiger partial charge in [-0.05, 0) is 41.3 Å². The van der Waals surface area contributed by atoms with Crippen LogP contribution in [0.5, 0.6) is 23.0 Å². The molecule has 0 radical (unpaired) electrons. The lowest BCUT2D eigenvalue weighted by molar-refractivity contribution is -0.121. The Labute approximate surface area is 166 Å². The van der Waals surface area contributed by atoms with Crippen molar-refractivity contribution in [2.45, 2.75) is 26.3 Å². The lowest BCUT2D eigenvalue weighted by Crippen LogP contribution is -2.32. The van der Waals surface area contributed by atoms with Crippen LogP contribution in [-0.2, 0) is 11.2 Å². The number of carbonyl (C=O) groups excluding carboxylic acids is 1. The molecule has 2 rings (SSSR count). The fourth-order valence-electron chi connectivity index (χ4n) is 3.09. The molecule has 6 heteroatoms. The van der Waals surface area contributed by atoms with E-state index >= 15 is 0 Å². The van der Waals surface area contributed by atoms with Crippen molar-refractivity contribution in [3.63, 3.8) is 0 Å². The predicted molar refractivity (Wildman–Crippen MR) is 109 cm³/mol. The molecule has 0 aliphatic rings. The Balaban J connectivity index is 2.18. The summed E-state index contributed by atoms with van der Waals surface area (Å²) in [4.78, 5) is 12.7. The zero-order valence-corrected chi connectivity index (χ0v) is 17.4. The number of carbonyl (C=O) groups is 1. The molecule has 0 saturated carbocycles. The third-order valence-electron chi connectivity index (χ3n) is 4.55. The molecule has 1 amide bonds. The normalized spacial score (nSPS) is 11.7. The first-order chi connectivity index (χ1) is 13.4. The van der Waals surface area contributed by atoms with Gasteiger partial charge in [0.25, 0.3) is 0 Å². The quantitative estimate of drug-likeness (QED) is 0.709. The molecule has 1 atom stereocenters. The summed E-state index contributed by atoms with van der Waals surface area (Å²) in [6.45, 7) is 4.16. The lowest BCUT2D eigenvalue weighted by Gasteiger charge is -2.23. The van der Waals surface area contributed by atoms with Crippen LogP contribution in [0.15, 0.2) is 36.4 Å². The maximum absolute atomic E-state index is 12.7. The third-order valence-corrected chi connectivity index (χ3v) is 4.55. The Bertz CT molecular complexity index is 761. The predicted octanol–water partition coefficient (Wildman–Crippen LogP) is 3.78. The van der Waals surface area contributed by atoms with Crippen LogP contribution in [0.4, 0.5) is 0 Å². The summed E-state index contributed by atoms with van der Waals surface area (Å²) in [7, 11) is 6.29. The summed E-state index contributed by atoms with van der Waals surface area (Å²) >= 11 is 0. The number of hydrogen-bond donors (Lipinski definition) is 1. The van der Waals surface area contributed by atoms with Gasteiger partial charge in [-0.3, -0.25) is 4.79 Å². The average Bonchev–Trinajstić information content (AvgIpc) is 2.71. The largest absolute Gasteiger partial charge is 0.497 e. The molecule has 0 unspecified atom stereocenters. The lowest BCUT2D eigenvalue weighted by atomic mass is 9.95. The van der Waals surface area contributed by atoms with Gasteiger partial charge < -0.3 is 24.3 Å². The molecular weight excluding hydrogens is 358 g/mol. The van der Waals surface area contributed by atoms with Gasteiger partial charge in [0, 0.05) is 0 Å². The minimum Gasteiger partial charge on any atom is -0.497 e. The summed E-state index contributed by atoms with van der Waals surface area (Å²) in [6, 6.07) is 11.2. The zero-order chi connectivity index (χ0) is 20.7. The van der Waals surface area contributed by atoms with Gasteiger partial charge in [0.15, 0.2) is 11.5 Å². The maximum atomic E-state index is 12.7. The Hall–Kier alpha value is -2.89. The molecule has 2 aromatic rings. The highest BCUT2D eigenvalue weighted by molar-refractivity contribution is 5.79. The molecule has 152 valence electrons. The minimum atomic E-state index is -0.0968. The second-order valence-corrected chi connectivity index (χ2v) is 6.77. The Kier molecular flexibility index (Phi) is 7.55. The molecule has 1 N–H and O–H groups in total. The van der Waals surface area contributed by atoms with Crippen LogP contribution < -0.4 is 24.3 Å². The Morgan fingerprint density at radius 1 is 0.893 bits per heavy atom. The smallest absolute Gasteiger partial charge is 0.224 e. The highest BCUT2D eigenvalue weighted by Gasteiger charge is 2.20. The van der Waals surface area contributed by atoms with Crippen molar-refractivity contribution in [2.75, 3.05) is 28.4 Å². The number of nitrogens with one attached hydrogen (secondary N) is 1. The highest BCUT2D eigenvalue weighted by Crippen LogP contribution is 2.38. The first-order valence-electron chi connectivity index (χ1n) is 9.15. The standard InChI is InChI=1S/C22H29NO5/c1-14(2)21(16-7-9-17(25-3)10-8-16)23-20(24)13-15-11-18(26-4)22(28-6)19(12-15)27-5/h7-12,14,21H,13H2,1-6H3,(H,23,24)/t21-/m1/s1. The van der Waals surface area contributed by atoms with Gasteiger partial charge in [-0.1, -0.05) is 26.0 Å². The average molecular weight is 387 g/mol. The van der Waals surface area contributed by atoms with E-state index < -0.39 is 0 Å². The van der Waals surface area contributed by atoms with E-state index in [1.807, 2.05) is 24.3 Å². The SMILES string of the molecule is COc1ccc([C@H](NC(=O)Cc2cc(OC)c(OC)c(OC)c2)C(C)C)cc1. The molecule has 2 aromatic carbocycles. The van der Waals surface area contributed by atoms with Gasteiger partial charge in [-0.2, -0.15) is 0 Å². The molecule has 0 aromatic heterocycles. The Morgan fingerprint density at radius 2 is 1.46 bits per heavy atom. The molecular formula is C22H29NO5. The van der Waals surface area contributed by atoms with E-state index in [0.717, 1.165) is 16.9 Å². The number of ether oxygens (including phenoxy) is 4. The van der Waals surface area contributed by atoms with Gasteiger partial charge in [0.1, 0.15) is 5.75 Å². The number of amides is 1. The summed E-state index contributed by atoms with van der Waals surface area (Å²) in [5.74, 6) is 2.50. The van der Waals surface area contributed by atoms with Gasteiger partial charge in [0.2, 0.25) is 11.7 Å². The minimum absolute atomic E-state index is 0.0798. The van der Waals surface area contributed by atoms with E-state index in [2.05, 4.69) is 19.2 Å². The molecule has 28 heavy (non-hydrogen) atoms. The van der Waals surface area contributed by atoms with Gasteiger partial charge in [0.05, 0.1) is 40.9 Å². The van der Waals surface area contributed by atoms with Crippen LogP contribution in [0.3, 0.4) is 0 Å². The van der Waals surface area contributed by atoms with Crippen molar-refractivity contribution in [1.29, 1.82) is 0 Å². The van der Waals surface area contributed by atoms with Crippen LogP contribution >= 0.6 is 0 Å². The van der Waals surface area contributed by atoms with Crippen LogP contribution in [0.25, 0.3) is 0 Å². The summed E-state index contributed by atoms with van der Waals surface area (Å²) in [6.07, 6.45) is 0.204. The van der Waals surface area contributed by atoms with E-state index in [9.17, 15) is 4.79 Å². The number of benzene rings is 2. The van der Waals surface area contributed by atoms with E-state index in [4.69, 9.17) is 18.9 Å². The molecule has 6 nitrogen and oxygen atoms in total. The fourth-order valence-corrected chi connectivity index (χ4v) is 3.09. The highest BCUT2D eigenvalue weighted by atomic mass is 16.5. The van der Waals surface area contributed by atoms with Crippen molar-refractivity contribution in [1.82, 2.24) is 5.32 Å². The summed E-state index contributed by atoms with van der Waals surface area (Å²) in [5.41, 5.74) is 1.82. The monoisotopic (exact) mass is 387 g/mol. The molecule has 0 heterocycles. The second kappa shape index (κ2) is 9.88. The van der Waals surface area contributed by atoms with E-state index in [1.165, 1.54) is 0 Å². The number of rotatable bonds is 9. The second-order valence-electron chi connectivity index (χ2n) is 6.77. The molecule has 0 saturated heterocycles. The first kappa shape index (κ1) is 21.4. The van der Waals surface area contributed by atoms with Crippen molar-refractivity contribution in [2.24, 2.45) is 5.92 Å².